The van der Waals surface area contributed by atoms with Gasteiger partial charge >= 0.3 is 5.97 Å². The average molecular weight is 306 g/mol. The summed E-state index contributed by atoms with van der Waals surface area (Å²) < 4.78 is 26.5. The molecule has 0 amide bonds. The van der Waals surface area contributed by atoms with Gasteiger partial charge in [0.2, 0.25) is 10.0 Å². The van der Waals surface area contributed by atoms with Gasteiger partial charge in [-0.3, -0.25) is 4.79 Å². The number of carboxylic acids is 1. The molecule has 2 N–H and O–H groups in total. The molecule has 0 saturated heterocycles. The topological polar surface area (TPSA) is 83.5 Å². The third kappa shape index (κ3) is 4.19. The van der Waals surface area contributed by atoms with Crippen LogP contribution in [0.5, 0.6) is 0 Å². The van der Waals surface area contributed by atoms with Crippen LogP contribution in [-0.2, 0) is 14.8 Å². The molecule has 1 aromatic rings. The van der Waals surface area contributed by atoms with Gasteiger partial charge in [0.15, 0.2) is 0 Å². The zero-order chi connectivity index (χ0) is 14.6. The smallest absolute Gasteiger partial charge is 0.321 e. The number of benzene rings is 1. The molecule has 1 atom stereocenters. The normalized spacial score (nSPS) is 13.2. The first-order chi connectivity index (χ1) is 8.77. The maximum atomic E-state index is 12.1. The first-order valence-corrected chi connectivity index (χ1v) is 7.65. The first kappa shape index (κ1) is 15.9. The zero-order valence-electron chi connectivity index (χ0n) is 10.7. The molecule has 5 nitrogen and oxygen atoms in total. The lowest BCUT2D eigenvalue weighted by Crippen LogP contribution is -2.40. The van der Waals surface area contributed by atoms with Gasteiger partial charge < -0.3 is 5.11 Å². The second kappa shape index (κ2) is 6.36. The van der Waals surface area contributed by atoms with Gasteiger partial charge in [-0.2, -0.15) is 4.72 Å². The van der Waals surface area contributed by atoms with Gasteiger partial charge in [-0.05, 0) is 37.1 Å². The minimum absolute atomic E-state index is 0.0410. The van der Waals surface area contributed by atoms with Crippen molar-refractivity contribution in [3.63, 3.8) is 0 Å². The fraction of sp³-hybridized carbons (Fsp3) is 0.417. The Labute approximate surface area is 117 Å². The van der Waals surface area contributed by atoms with E-state index >= 15 is 0 Å². The first-order valence-electron chi connectivity index (χ1n) is 5.79. The van der Waals surface area contributed by atoms with Crippen LogP contribution in [-0.4, -0.2) is 25.5 Å². The number of rotatable bonds is 6. The number of hydrogen-bond donors (Lipinski definition) is 2. The fourth-order valence-corrected chi connectivity index (χ4v) is 3.36. The summed E-state index contributed by atoms with van der Waals surface area (Å²) in [6.45, 7) is 3.40. The molecule has 0 heterocycles. The molecule has 0 spiro atoms. The summed E-state index contributed by atoms with van der Waals surface area (Å²) in [6, 6.07) is 3.22. The van der Waals surface area contributed by atoms with E-state index in [0.29, 0.717) is 17.0 Å². The summed E-state index contributed by atoms with van der Waals surface area (Å²) >= 11 is 5.76. The van der Waals surface area contributed by atoms with Crippen molar-refractivity contribution in [2.45, 2.75) is 37.6 Å². The number of carboxylic acid groups (broad SMARTS) is 1. The van der Waals surface area contributed by atoms with Crippen LogP contribution in [0.2, 0.25) is 5.02 Å². The standard InChI is InChI=1S/C12H16ClNO4S/c1-3-4-10(12(15)16)14-19(17,18)11-6-5-9(13)7-8(11)2/h5-7,10,14H,3-4H2,1-2H3,(H,15,16)/t10-/m0/s1. The minimum Gasteiger partial charge on any atom is -0.480 e. The number of nitrogens with one attached hydrogen (secondary N) is 1. The van der Waals surface area contributed by atoms with Crippen LogP contribution in [0.15, 0.2) is 23.1 Å². The zero-order valence-corrected chi connectivity index (χ0v) is 12.3. The van der Waals surface area contributed by atoms with Crippen LogP contribution in [0.3, 0.4) is 0 Å². The molecule has 0 saturated carbocycles. The Bertz CT molecular complexity index is 571. The molecule has 0 aliphatic carbocycles. The van der Waals surface area contributed by atoms with Gasteiger partial charge in [0.05, 0.1) is 4.90 Å². The van der Waals surface area contributed by atoms with Crippen molar-refractivity contribution in [1.82, 2.24) is 4.72 Å². The molecule has 0 radical (unpaired) electrons. The Hall–Kier alpha value is -1.11. The molecule has 106 valence electrons. The highest BCUT2D eigenvalue weighted by Crippen LogP contribution is 2.20. The van der Waals surface area contributed by atoms with Crippen molar-refractivity contribution in [2.75, 3.05) is 0 Å². The van der Waals surface area contributed by atoms with E-state index in [-0.39, 0.29) is 11.3 Å². The van der Waals surface area contributed by atoms with E-state index in [1.165, 1.54) is 18.2 Å². The summed E-state index contributed by atoms with van der Waals surface area (Å²) in [7, 11) is -3.86. The summed E-state index contributed by atoms with van der Waals surface area (Å²) in [5.41, 5.74) is 0.473. The lowest BCUT2D eigenvalue weighted by atomic mass is 10.2. The van der Waals surface area contributed by atoms with Crippen molar-refractivity contribution < 1.29 is 18.3 Å². The quantitative estimate of drug-likeness (QED) is 0.844. The molecular weight excluding hydrogens is 290 g/mol. The van der Waals surface area contributed by atoms with E-state index in [2.05, 4.69) is 4.72 Å². The van der Waals surface area contributed by atoms with E-state index in [1.54, 1.807) is 13.8 Å². The van der Waals surface area contributed by atoms with Crippen LogP contribution in [0.25, 0.3) is 0 Å². The predicted octanol–water partition coefficient (Wildman–Crippen LogP) is 2.18. The lowest BCUT2D eigenvalue weighted by molar-refractivity contribution is -0.139. The number of carbonyl (C=O) groups is 1. The monoisotopic (exact) mass is 305 g/mol. The summed E-state index contributed by atoms with van der Waals surface area (Å²) in [4.78, 5) is 11.0. The van der Waals surface area contributed by atoms with Crippen molar-refractivity contribution in [2.24, 2.45) is 0 Å². The third-order valence-electron chi connectivity index (χ3n) is 2.60. The highest BCUT2D eigenvalue weighted by molar-refractivity contribution is 7.89. The molecule has 7 heteroatoms. The Morgan fingerprint density at radius 1 is 1.47 bits per heavy atom. The van der Waals surface area contributed by atoms with E-state index in [0.717, 1.165) is 0 Å². The Morgan fingerprint density at radius 3 is 2.58 bits per heavy atom. The van der Waals surface area contributed by atoms with Crippen molar-refractivity contribution >= 4 is 27.6 Å². The number of halogens is 1. The van der Waals surface area contributed by atoms with Crippen LogP contribution in [0.1, 0.15) is 25.3 Å². The van der Waals surface area contributed by atoms with Gasteiger partial charge in [0.1, 0.15) is 6.04 Å². The minimum atomic E-state index is -3.86. The van der Waals surface area contributed by atoms with Crippen LogP contribution >= 0.6 is 11.6 Å². The van der Waals surface area contributed by atoms with E-state index in [4.69, 9.17) is 16.7 Å². The molecule has 0 unspecified atom stereocenters. The number of sulfonamides is 1. The molecule has 0 fully saturated rings. The van der Waals surface area contributed by atoms with Gasteiger partial charge in [-0.15, -0.1) is 0 Å². The fourth-order valence-electron chi connectivity index (χ4n) is 1.69. The van der Waals surface area contributed by atoms with E-state index in [9.17, 15) is 13.2 Å². The second-order valence-electron chi connectivity index (χ2n) is 4.21. The number of aryl methyl sites for hydroxylation is 1. The second-order valence-corrected chi connectivity index (χ2v) is 6.33. The largest absolute Gasteiger partial charge is 0.480 e. The number of hydrogen-bond acceptors (Lipinski definition) is 3. The Kier molecular flexibility index (Phi) is 5.34. The molecule has 19 heavy (non-hydrogen) atoms. The van der Waals surface area contributed by atoms with Crippen LogP contribution in [0.4, 0.5) is 0 Å². The number of aliphatic carboxylic acids is 1. The molecule has 0 aromatic heterocycles. The lowest BCUT2D eigenvalue weighted by Gasteiger charge is -2.15. The summed E-state index contributed by atoms with van der Waals surface area (Å²) in [6.07, 6.45) is 0.806. The van der Waals surface area contributed by atoms with Crippen LogP contribution < -0.4 is 4.72 Å². The van der Waals surface area contributed by atoms with E-state index in [1.807, 2.05) is 0 Å². The van der Waals surface area contributed by atoms with Crippen molar-refractivity contribution in [3.05, 3.63) is 28.8 Å². The van der Waals surface area contributed by atoms with Gasteiger partial charge in [0, 0.05) is 5.02 Å². The molecule has 1 aromatic carbocycles. The van der Waals surface area contributed by atoms with E-state index < -0.39 is 22.0 Å². The third-order valence-corrected chi connectivity index (χ3v) is 4.47. The summed E-state index contributed by atoms with van der Waals surface area (Å²) in [5.74, 6) is -1.18. The predicted molar refractivity (Wildman–Crippen MR) is 72.8 cm³/mol. The SMILES string of the molecule is CCC[C@H](NS(=O)(=O)c1ccc(Cl)cc1C)C(=O)O. The molecule has 0 bridgehead atoms. The van der Waals surface area contributed by atoms with Crippen LogP contribution in [0, 0.1) is 6.92 Å². The molecule has 1 rings (SSSR count). The van der Waals surface area contributed by atoms with Crippen molar-refractivity contribution in [3.8, 4) is 0 Å². The van der Waals surface area contributed by atoms with Gasteiger partial charge in [0.25, 0.3) is 0 Å². The summed E-state index contributed by atoms with van der Waals surface area (Å²) in [5, 5.41) is 9.41. The molecular formula is C12H16ClNO4S. The van der Waals surface area contributed by atoms with Gasteiger partial charge in [-0.1, -0.05) is 24.9 Å². The van der Waals surface area contributed by atoms with Crippen molar-refractivity contribution in [1.29, 1.82) is 0 Å². The highest BCUT2D eigenvalue weighted by atomic mass is 35.5. The Balaban J connectivity index is 3.06. The average Bonchev–Trinajstić information content (AvgIpc) is 2.27. The van der Waals surface area contributed by atoms with Gasteiger partial charge in [-0.25, -0.2) is 8.42 Å². The Morgan fingerprint density at radius 2 is 2.11 bits per heavy atom. The maximum absolute atomic E-state index is 12.1. The molecule has 0 aliphatic rings. The molecule has 0 aliphatic heterocycles. The maximum Gasteiger partial charge on any atom is 0.321 e. The highest BCUT2D eigenvalue weighted by Gasteiger charge is 2.25.